The number of carbonyl (C=O) groups is 1. The average Bonchev–Trinajstić information content (AvgIpc) is 2.59. The van der Waals surface area contributed by atoms with Crippen LogP contribution in [0.5, 0.6) is 0 Å². The van der Waals surface area contributed by atoms with Crippen molar-refractivity contribution in [2.75, 3.05) is 13.2 Å². The molecule has 6 heteroatoms. The van der Waals surface area contributed by atoms with Gasteiger partial charge in [-0.3, -0.25) is 4.98 Å². The van der Waals surface area contributed by atoms with Gasteiger partial charge in [-0.05, 0) is 43.2 Å². The van der Waals surface area contributed by atoms with E-state index in [1.54, 1.807) is 12.3 Å². The second kappa shape index (κ2) is 9.25. The molecule has 0 saturated carbocycles. The fraction of sp³-hybridized carbons (Fsp3) is 0.333. The predicted molar refractivity (Wildman–Crippen MR) is 94.9 cm³/mol. The van der Waals surface area contributed by atoms with E-state index < -0.39 is 0 Å². The first kappa shape index (κ1) is 18.2. The van der Waals surface area contributed by atoms with Gasteiger partial charge in [0.2, 0.25) is 0 Å². The van der Waals surface area contributed by atoms with E-state index in [1.807, 2.05) is 43.3 Å². The summed E-state index contributed by atoms with van der Waals surface area (Å²) in [5.74, 6) is -0.0767. The zero-order valence-corrected chi connectivity index (χ0v) is 14.3. The van der Waals surface area contributed by atoms with E-state index in [-0.39, 0.29) is 24.6 Å². The van der Waals surface area contributed by atoms with Crippen molar-refractivity contribution in [1.82, 2.24) is 15.6 Å². The number of pyridine rings is 1. The Hall–Kier alpha value is -2.11. The van der Waals surface area contributed by atoms with Crippen molar-refractivity contribution in [3.05, 3.63) is 64.9 Å². The van der Waals surface area contributed by atoms with Gasteiger partial charge in [-0.15, -0.1) is 0 Å². The summed E-state index contributed by atoms with van der Waals surface area (Å²) in [5.41, 5.74) is 1.83. The molecule has 128 valence electrons. The van der Waals surface area contributed by atoms with Crippen LogP contribution in [0, 0.1) is 5.92 Å². The Morgan fingerprint density at radius 3 is 2.79 bits per heavy atom. The number of urea groups is 1. The maximum atomic E-state index is 12.0. The molecule has 0 spiro atoms. The van der Waals surface area contributed by atoms with Crippen molar-refractivity contribution in [3.63, 3.8) is 0 Å². The molecular weight excluding hydrogens is 326 g/mol. The summed E-state index contributed by atoms with van der Waals surface area (Å²) in [6, 6.07) is 12.6. The molecule has 24 heavy (non-hydrogen) atoms. The number of rotatable bonds is 7. The van der Waals surface area contributed by atoms with E-state index in [0.717, 1.165) is 11.3 Å². The van der Waals surface area contributed by atoms with Gasteiger partial charge in [0, 0.05) is 36.0 Å². The van der Waals surface area contributed by atoms with Gasteiger partial charge >= 0.3 is 6.03 Å². The zero-order valence-electron chi connectivity index (χ0n) is 13.6. The van der Waals surface area contributed by atoms with Crippen molar-refractivity contribution >= 4 is 17.6 Å². The van der Waals surface area contributed by atoms with Crippen molar-refractivity contribution < 1.29 is 9.90 Å². The van der Waals surface area contributed by atoms with Gasteiger partial charge in [0.25, 0.3) is 0 Å². The summed E-state index contributed by atoms with van der Waals surface area (Å²) >= 11 is 5.96. The Kier molecular flexibility index (Phi) is 7.03. The monoisotopic (exact) mass is 347 g/mol. The molecule has 3 N–H and O–H groups in total. The zero-order chi connectivity index (χ0) is 17.4. The second-order valence-corrected chi connectivity index (χ2v) is 6.14. The second-order valence-electron chi connectivity index (χ2n) is 5.70. The number of benzene rings is 1. The Morgan fingerprint density at radius 1 is 1.29 bits per heavy atom. The molecule has 1 aromatic heterocycles. The topological polar surface area (TPSA) is 74.2 Å². The molecule has 1 heterocycles. The number of hydrogen-bond acceptors (Lipinski definition) is 3. The molecule has 0 aliphatic carbocycles. The molecule has 2 amide bonds. The van der Waals surface area contributed by atoms with Gasteiger partial charge in [0.15, 0.2) is 0 Å². The summed E-state index contributed by atoms with van der Waals surface area (Å²) in [6.07, 6.45) is 2.33. The van der Waals surface area contributed by atoms with Crippen LogP contribution in [0.3, 0.4) is 0 Å². The van der Waals surface area contributed by atoms with Crippen LogP contribution in [-0.2, 0) is 6.42 Å². The Balaban J connectivity index is 1.81. The minimum absolute atomic E-state index is 0.0132. The number of aliphatic hydroxyl groups excluding tert-OH is 1. The summed E-state index contributed by atoms with van der Waals surface area (Å²) in [6.45, 7) is 2.25. The maximum Gasteiger partial charge on any atom is 0.315 e. The lowest BCUT2D eigenvalue weighted by Crippen LogP contribution is -2.40. The number of amides is 2. The molecule has 5 nitrogen and oxygen atoms in total. The van der Waals surface area contributed by atoms with Crippen LogP contribution in [0.25, 0.3) is 0 Å². The van der Waals surface area contributed by atoms with Crippen LogP contribution < -0.4 is 10.6 Å². The van der Waals surface area contributed by atoms with Gasteiger partial charge in [0.1, 0.15) is 0 Å². The highest BCUT2D eigenvalue weighted by Crippen LogP contribution is 2.17. The third kappa shape index (κ3) is 5.83. The standard InChI is InChI=1S/C18H22ClN3O2/c1-13(15-5-4-6-16(19)10-15)22-18(24)21-11-14(12-23)9-17-7-2-3-8-20-17/h2-8,10,13-14,23H,9,11-12H2,1H3,(H2,21,22,24). The smallest absolute Gasteiger partial charge is 0.315 e. The van der Waals surface area contributed by atoms with Crippen LogP contribution >= 0.6 is 11.6 Å². The van der Waals surface area contributed by atoms with Crippen LogP contribution in [0.15, 0.2) is 48.7 Å². The van der Waals surface area contributed by atoms with Crippen molar-refractivity contribution in [2.24, 2.45) is 5.92 Å². The first-order valence-electron chi connectivity index (χ1n) is 7.89. The lowest BCUT2D eigenvalue weighted by atomic mass is 10.0. The van der Waals surface area contributed by atoms with Crippen LogP contribution in [0.1, 0.15) is 24.2 Å². The first-order chi connectivity index (χ1) is 11.6. The van der Waals surface area contributed by atoms with Crippen molar-refractivity contribution in [3.8, 4) is 0 Å². The van der Waals surface area contributed by atoms with E-state index in [9.17, 15) is 9.90 Å². The fourth-order valence-electron chi connectivity index (χ4n) is 2.36. The Labute approximate surface area is 147 Å². The molecule has 0 aliphatic heterocycles. The third-order valence-electron chi connectivity index (χ3n) is 3.73. The highest BCUT2D eigenvalue weighted by atomic mass is 35.5. The molecule has 0 aliphatic rings. The molecule has 0 radical (unpaired) electrons. The van der Waals surface area contributed by atoms with Gasteiger partial charge in [0.05, 0.1) is 6.04 Å². The van der Waals surface area contributed by atoms with E-state index in [4.69, 9.17) is 11.6 Å². The number of nitrogens with one attached hydrogen (secondary N) is 2. The number of nitrogens with zero attached hydrogens (tertiary/aromatic N) is 1. The average molecular weight is 348 g/mol. The van der Waals surface area contributed by atoms with E-state index >= 15 is 0 Å². The van der Waals surface area contributed by atoms with Gasteiger partial charge in [-0.1, -0.05) is 29.8 Å². The quantitative estimate of drug-likeness (QED) is 0.721. The third-order valence-corrected chi connectivity index (χ3v) is 3.96. The normalized spacial score (nSPS) is 13.1. The van der Waals surface area contributed by atoms with E-state index in [0.29, 0.717) is 18.0 Å². The van der Waals surface area contributed by atoms with Crippen LogP contribution in [0.2, 0.25) is 5.02 Å². The Morgan fingerprint density at radius 2 is 2.12 bits per heavy atom. The summed E-state index contributed by atoms with van der Waals surface area (Å²) in [7, 11) is 0. The van der Waals surface area contributed by atoms with Gasteiger partial charge in [-0.25, -0.2) is 4.79 Å². The molecule has 2 rings (SSSR count). The maximum absolute atomic E-state index is 12.0. The number of halogens is 1. The molecule has 2 atom stereocenters. The number of hydrogen-bond donors (Lipinski definition) is 3. The minimum atomic E-state index is -0.276. The molecule has 2 unspecified atom stereocenters. The van der Waals surface area contributed by atoms with E-state index in [1.165, 1.54) is 0 Å². The predicted octanol–water partition coefficient (Wildman–Crippen LogP) is 2.95. The Bertz CT molecular complexity index is 652. The lowest BCUT2D eigenvalue weighted by molar-refractivity contribution is 0.212. The van der Waals surface area contributed by atoms with Gasteiger partial charge in [-0.2, -0.15) is 0 Å². The summed E-state index contributed by atoms with van der Waals surface area (Å²) in [4.78, 5) is 16.3. The number of carbonyl (C=O) groups excluding carboxylic acids is 1. The molecule has 1 aromatic carbocycles. The van der Waals surface area contributed by atoms with Gasteiger partial charge < -0.3 is 15.7 Å². The first-order valence-corrected chi connectivity index (χ1v) is 8.27. The highest BCUT2D eigenvalue weighted by Gasteiger charge is 2.13. The largest absolute Gasteiger partial charge is 0.396 e. The molecule has 0 fully saturated rings. The minimum Gasteiger partial charge on any atom is -0.396 e. The molecular formula is C18H22ClN3O2. The fourth-order valence-corrected chi connectivity index (χ4v) is 2.56. The number of aromatic nitrogens is 1. The highest BCUT2D eigenvalue weighted by molar-refractivity contribution is 6.30. The van der Waals surface area contributed by atoms with Crippen molar-refractivity contribution in [1.29, 1.82) is 0 Å². The SMILES string of the molecule is CC(NC(=O)NCC(CO)Cc1ccccn1)c1cccc(Cl)c1. The molecule has 0 saturated heterocycles. The van der Waals surface area contributed by atoms with Crippen LogP contribution in [0.4, 0.5) is 4.79 Å². The van der Waals surface area contributed by atoms with Crippen molar-refractivity contribution in [2.45, 2.75) is 19.4 Å². The summed E-state index contributed by atoms with van der Waals surface area (Å²) in [5, 5.41) is 15.8. The number of aliphatic hydroxyl groups is 1. The van der Waals surface area contributed by atoms with E-state index in [2.05, 4.69) is 15.6 Å². The summed E-state index contributed by atoms with van der Waals surface area (Å²) < 4.78 is 0. The van der Waals surface area contributed by atoms with Crippen LogP contribution in [-0.4, -0.2) is 29.3 Å². The molecule has 0 bridgehead atoms. The lowest BCUT2D eigenvalue weighted by Gasteiger charge is -2.18. The molecule has 2 aromatic rings.